The van der Waals surface area contributed by atoms with Gasteiger partial charge in [0, 0.05) is 0 Å². The lowest BCUT2D eigenvalue weighted by Crippen LogP contribution is -2.30. The molecule has 27 heavy (non-hydrogen) atoms. The maximum atomic E-state index is 13.0. The number of thioether (sulfide) groups is 1. The summed E-state index contributed by atoms with van der Waals surface area (Å²) < 4.78 is 11.5. The highest BCUT2D eigenvalue weighted by atomic mass is 32.2. The fraction of sp³-hybridized carbons (Fsp3) is 0.238. The van der Waals surface area contributed by atoms with Crippen molar-refractivity contribution in [1.29, 1.82) is 0 Å². The van der Waals surface area contributed by atoms with Crippen molar-refractivity contribution in [1.82, 2.24) is 4.90 Å². The Bertz CT molecular complexity index is 880. The second-order valence-corrected chi connectivity index (χ2v) is 7.66. The van der Waals surface area contributed by atoms with Crippen LogP contribution in [0.1, 0.15) is 31.0 Å². The summed E-state index contributed by atoms with van der Waals surface area (Å²) in [7, 11) is 1.60. The van der Waals surface area contributed by atoms with Crippen LogP contribution in [0.2, 0.25) is 0 Å². The Hall–Kier alpha value is -2.31. The van der Waals surface area contributed by atoms with Gasteiger partial charge in [-0.2, -0.15) is 0 Å². The number of rotatable bonds is 6. The zero-order valence-corrected chi connectivity index (χ0v) is 17.1. The Morgan fingerprint density at radius 1 is 1.19 bits per heavy atom. The number of hydrogen-bond donors (Lipinski definition) is 0. The molecule has 6 heteroatoms. The molecule has 1 amide bonds. The minimum Gasteiger partial charge on any atom is -0.493 e. The van der Waals surface area contributed by atoms with Crippen LogP contribution in [-0.4, -0.2) is 28.8 Å². The van der Waals surface area contributed by atoms with Crippen molar-refractivity contribution in [3.8, 4) is 11.5 Å². The highest BCUT2D eigenvalue weighted by molar-refractivity contribution is 8.26. The molecule has 1 saturated heterocycles. The van der Waals surface area contributed by atoms with Crippen molar-refractivity contribution in [3.05, 3.63) is 64.6 Å². The molecule has 1 heterocycles. The second-order valence-electron chi connectivity index (χ2n) is 5.98. The van der Waals surface area contributed by atoms with Crippen LogP contribution < -0.4 is 9.47 Å². The lowest BCUT2D eigenvalue weighted by atomic mass is 10.1. The molecule has 1 aliphatic heterocycles. The molecule has 2 aromatic rings. The molecular formula is C21H21NO3S2. The molecule has 2 aromatic carbocycles. The third kappa shape index (κ3) is 4.17. The molecule has 0 aromatic heterocycles. The SMILES string of the molecule is CCOc1ccc(/C=C2\SC(=S)N([C@@H](C)c3ccccc3)C2=O)cc1OC. The number of carbonyl (C=O) groups is 1. The maximum Gasteiger partial charge on any atom is 0.266 e. The maximum absolute atomic E-state index is 13.0. The van der Waals surface area contributed by atoms with E-state index >= 15 is 0 Å². The summed E-state index contributed by atoms with van der Waals surface area (Å²) in [6, 6.07) is 15.4. The molecule has 3 rings (SSSR count). The van der Waals surface area contributed by atoms with Crippen molar-refractivity contribution in [3.63, 3.8) is 0 Å². The zero-order valence-electron chi connectivity index (χ0n) is 15.5. The predicted octanol–water partition coefficient (Wildman–Crippen LogP) is 5.06. The fourth-order valence-electron chi connectivity index (χ4n) is 2.89. The van der Waals surface area contributed by atoms with Crippen LogP contribution in [-0.2, 0) is 4.79 Å². The van der Waals surface area contributed by atoms with Crippen LogP contribution in [0.15, 0.2) is 53.4 Å². The molecule has 1 fully saturated rings. The Kier molecular flexibility index (Phi) is 6.19. The molecule has 1 atom stereocenters. The van der Waals surface area contributed by atoms with Crippen molar-refractivity contribution in [2.24, 2.45) is 0 Å². The molecule has 0 spiro atoms. The van der Waals surface area contributed by atoms with Crippen LogP contribution in [0.5, 0.6) is 11.5 Å². The minimum absolute atomic E-state index is 0.0748. The first kappa shape index (κ1) is 19.5. The molecule has 0 aliphatic carbocycles. The first-order valence-corrected chi connectivity index (χ1v) is 9.90. The van der Waals surface area contributed by atoms with Gasteiger partial charge < -0.3 is 9.47 Å². The smallest absolute Gasteiger partial charge is 0.266 e. The molecule has 4 nitrogen and oxygen atoms in total. The average Bonchev–Trinajstić information content (AvgIpc) is 2.96. The van der Waals surface area contributed by atoms with Crippen LogP contribution in [0.4, 0.5) is 0 Å². The average molecular weight is 400 g/mol. The summed E-state index contributed by atoms with van der Waals surface area (Å²) >= 11 is 6.80. The van der Waals surface area contributed by atoms with Crippen LogP contribution in [0.25, 0.3) is 6.08 Å². The quantitative estimate of drug-likeness (QED) is 0.502. The minimum atomic E-state index is -0.112. The van der Waals surface area contributed by atoms with E-state index in [2.05, 4.69) is 0 Å². The van der Waals surface area contributed by atoms with Gasteiger partial charge in [0.1, 0.15) is 4.32 Å². The van der Waals surface area contributed by atoms with Crippen molar-refractivity contribution in [2.45, 2.75) is 19.9 Å². The van der Waals surface area contributed by atoms with Crippen molar-refractivity contribution in [2.75, 3.05) is 13.7 Å². The van der Waals surface area contributed by atoms with Gasteiger partial charge in [-0.25, -0.2) is 0 Å². The van der Waals surface area contributed by atoms with Crippen molar-refractivity contribution >= 4 is 40.3 Å². The van der Waals surface area contributed by atoms with Gasteiger partial charge in [0.25, 0.3) is 5.91 Å². The number of carbonyl (C=O) groups excluding carboxylic acids is 1. The molecule has 0 unspecified atom stereocenters. The lowest BCUT2D eigenvalue weighted by Gasteiger charge is -2.23. The Morgan fingerprint density at radius 3 is 2.59 bits per heavy atom. The first-order valence-electron chi connectivity index (χ1n) is 8.68. The third-order valence-electron chi connectivity index (χ3n) is 4.28. The number of nitrogens with zero attached hydrogens (tertiary/aromatic N) is 1. The number of ether oxygens (including phenoxy) is 2. The second kappa shape index (κ2) is 8.59. The van der Waals surface area contributed by atoms with E-state index in [4.69, 9.17) is 21.7 Å². The topological polar surface area (TPSA) is 38.8 Å². The summed E-state index contributed by atoms with van der Waals surface area (Å²) in [6.07, 6.45) is 1.84. The van der Waals surface area contributed by atoms with E-state index in [9.17, 15) is 4.79 Å². The number of methoxy groups -OCH3 is 1. The fourth-order valence-corrected chi connectivity index (χ4v) is 4.31. The number of amides is 1. The molecule has 0 bridgehead atoms. The van der Waals surface area contributed by atoms with E-state index in [1.807, 2.05) is 68.5 Å². The van der Waals surface area contributed by atoms with E-state index in [0.29, 0.717) is 27.3 Å². The summed E-state index contributed by atoms with van der Waals surface area (Å²) in [5, 5.41) is 0. The van der Waals surface area contributed by atoms with Gasteiger partial charge in [0.05, 0.1) is 24.7 Å². The normalized spacial score (nSPS) is 16.7. The molecule has 1 aliphatic rings. The lowest BCUT2D eigenvalue weighted by molar-refractivity contribution is -0.123. The number of hydrogen-bond acceptors (Lipinski definition) is 5. The zero-order chi connectivity index (χ0) is 19.4. The summed E-state index contributed by atoms with van der Waals surface area (Å²) in [6.45, 7) is 4.47. The summed E-state index contributed by atoms with van der Waals surface area (Å²) in [5.74, 6) is 1.25. The highest BCUT2D eigenvalue weighted by Crippen LogP contribution is 2.38. The van der Waals surface area contributed by atoms with Gasteiger partial charge in [0.2, 0.25) is 0 Å². The predicted molar refractivity (Wildman–Crippen MR) is 114 cm³/mol. The Morgan fingerprint density at radius 2 is 1.93 bits per heavy atom. The van der Waals surface area contributed by atoms with Gasteiger partial charge in [0.15, 0.2) is 11.5 Å². The first-order chi connectivity index (χ1) is 13.0. The molecular weight excluding hydrogens is 378 g/mol. The van der Waals surface area contributed by atoms with Gasteiger partial charge in [-0.1, -0.05) is 60.4 Å². The molecule has 140 valence electrons. The Labute approximate surface area is 169 Å². The van der Waals surface area contributed by atoms with Gasteiger partial charge in [-0.05, 0) is 43.2 Å². The largest absolute Gasteiger partial charge is 0.493 e. The van der Waals surface area contributed by atoms with E-state index in [0.717, 1.165) is 11.1 Å². The van der Waals surface area contributed by atoms with E-state index in [1.165, 1.54) is 11.8 Å². The highest BCUT2D eigenvalue weighted by Gasteiger charge is 2.35. The van der Waals surface area contributed by atoms with Gasteiger partial charge in [-0.15, -0.1) is 0 Å². The molecule has 0 saturated carbocycles. The van der Waals surface area contributed by atoms with E-state index in [1.54, 1.807) is 12.0 Å². The summed E-state index contributed by atoms with van der Waals surface area (Å²) in [5.41, 5.74) is 1.92. The van der Waals surface area contributed by atoms with Crippen LogP contribution in [0.3, 0.4) is 0 Å². The van der Waals surface area contributed by atoms with Gasteiger partial charge >= 0.3 is 0 Å². The molecule has 0 N–H and O–H groups in total. The van der Waals surface area contributed by atoms with Crippen LogP contribution >= 0.6 is 24.0 Å². The number of thiocarbonyl (C=S) groups is 1. The monoisotopic (exact) mass is 399 g/mol. The molecule has 0 radical (unpaired) electrons. The van der Waals surface area contributed by atoms with Crippen LogP contribution in [0, 0.1) is 0 Å². The Balaban J connectivity index is 1.86. The van der Waals surface area contributed by atoms with E-state index < -0.39 is 0 Å². The summed E-state index contributed by atoms with van der Waals surface area (Å²) in [4.78, 5) is 15.2. The number of benzene rings is 2. The standard InChI is InChI=1S/C21H21NO3S2/c1-4-25-17-11-10-15(12-18(17)24-3)13-19-20(23)22(21(26)27-19)14(2)16-8-6-5-7-9-16/h5-14H,4H2,1-3H3/b19-13-/t14-/m0/s1. The third-order valence-corrected chi connectivity index (χ3v) is 5.61. The van der Waals surface area contributed by atoms with Crippen molar-refractivity contribution < 1.29 is 14.3 Å². The van der Waals surface area contributed by atoms with Gasteiger partial charge in [-0.3, -0.25) is 9.69 Å². The van der Waals surface area contributed by atoms with E-state index in [-0.39, 0.29) is 11.9 Å².